The molecule has 0 heterocycles. The SMILES string of the molecule is [B]=C1C2=C(O)[C@]3(O)C(O)=C(C(N)=O)C(=O)[C@H](N(C)C)[C@@H]3C[C@@H]2Cc2c(N(C)C)cc(CC)c(O)c21. The number of phenolic OH excluding ortho intramolecular Hbond substituents is 1. The van der Waals surface area contributed by atoms with Crippen molar-refractivity contribution < 1.29 is 30.0 Å². The Kier molecular flexibility index (Phi) is 5.88. The van der Waals surface area contributed by atoms with E-state index in [4.69, 9.17) is 13.2 Å². The minimum absolute atomic E-state index is 0.000965. The van der Waals surface area contributed by atoms with Crippen molar-refractivity contribution >= 4 is 30.3 Å². The quantitative estimate of drug-likeness (QED) is 0.305. The molecule has 1 radical (unpaired) electrons. The first-order valence-corrected chi connectivity index (χ1v) is 11.6. The second kappa shape index (κ2) is 8.24. The van der Waals surface area contributed by atoms with Crippen LogP contribution in [0.1, 0.15) is 30.0 Å². The number of amides is 1. The molecule has 0 aromatic heterocycles. The number of carbonyl (C=O) groups excluding carboxylic acids is 2. The van der Waals surface area contributed by atoms with E-state index in [-0.39, 0.29) is 23.2 Å². The van der Waals surface area contributed by atoms with Gasteiger partial charge < -0.3 is 0 Å². The number of rotatable bonds is 4. The van der Waals surface area contributed by atoms with Gasteiger partial charge in [-0.15, -0.1) is 0 Å². The molecule has 10 heteroatoms. The van der Waals surface area contributed by atoms with E-state index in [0.717, 1.165) is 11.3 Å². The number of nitrogens with zero attached hydrogens (tertiary/aromatic N) is 2. The summed E-state index contributed by atoms with van der Waals surface area (Å²) in [5.41, 5.74) is 5.20. The van der Waals surface area contributed by atoms with Gasteiger partial charge in [0.05, 0.1) is 0 Å². The number of phenols is 1. The third kappa shape index (κ3) is 3.26. The van der Waals surface area contributed by atoms with Gasteiger partial charge >= 0.3 is 205 Å². The number of aliphatic hydroxyl groups is 3. The normalized spacial score (nSPS) is 28.1. The number of Topliss-reactive ketones (excluding diaryl/α,β-unsaturated/α-hetero) is 1. The fraction of sp³-hybridized carbons (Fsp3) is 0.480. The van der Waals surface area contributed by atoms with Gasteiger partial charge in [0.25, 0.3) is 0 Å². The molecule has 0 spiro atoms. The average Bonchev–Trinajstić information content (AvgIpc) is 2.75. The number of aliphatic hydroxyl groups excluding tert-OH is 2. The number of fused-ring (bicyclic) bond motifs is 3. The Bertz CT molecular complexity index is 1230. The molecular weight excluding hydrogens is 449 g/mol. The number of nitrogens with two attached hydrogens (primary N) is 1. The Hall–Kier alpha value is -3.11. The van der Waals surface area contributed by atoms with Gasteiger partial charge in [-0.25, -0.2) is 0 Å². The summed E-state index contributed by atoms with van der Waals surface area (Å²) in [6, 6.07) is 0.893. The van der Waals surface area contributed by atoms with Crippen LogP contribution < -0.4 is 10.6 Å². The number of benzene rings is 1. The van der Waals surface area contributed by atoms with Crippen LogP contribution in [-0.2, 0) is 22.4 Å². The van der Waals surface area contributed by atoms with E-state index in [1.54, 1.807) is 19.0 Å². The second-order valence-electron chi connectivity index (χ2n) is 10.1. The van der Waals surface area contributed by atoms with Crippen LogP contribution in [0.5, 0.6) is 5.75 Å². The molecule has 4 atom stereocenters. The number of aryl methyl sites for hydroxylation is 1. The number of aromatic hydroxyl groups is 1. The zero-order chi connectivity index (χ0) is 26.1. The molecule has 0 bridgehead atoms. The number of hydrogen-bond donors (Lipinski definition) is 5. The van der Waals surface area contributed by atoms with Gasteiger partial charge in [0.15, 0.2) is 0 Å². The van der Waals surface area contributed by atoms with Crippen molar-refractivity contribution in [3.8, 4) is 5.75 Å². The Morgan fingerprint density at radius 3 is 2.34 bits per heavy atom. The second-order valence-corrected chi connectivity index (χ2v) is 10.1. The van der Waals surface area contributed by atoms with Gasteiger partial charge in [0.2, 0.25) is 0 Å². The molecule has 0 unspecified atom stereocenters. The summed E-state index contributed by atoms with van der Waals surface area (Å²) < 4.78 is 0. The average molecular weight is 480 g/mol. The molecule has 35 heavy (non-hydrogen) atoms. The van der Waals surface area contributed by atoms with Crippen LogP contribution in [0.3, 0.4) is 0 Å². The Morgan fingerprint density at radius 2 is 1.83 bits per heavy atom. The van der Waals surface area contributed by atoms with E-state index in [1.165, 1.54) is 0 Å². The van der Waals surface area contributed by atoms with E-state index in [1.807, 2.05) is 32.0 Å². The molecule has 0 aliphatic heterocycles. The summed E-state index contributed by atoms with van der Waals surface area (Å²) in [6.45, 7) is 1.90. The minimum atomic E-state index is -2.44. The van der Waals surface area contributed by atoms with Crippen LogP contribution in [-0.4, -0.2) is 89.8 Å². The summed E-state index contributed by atoms with van der Waals surface area (Å²) in [7, 11) is 13.6. The van der Waals surface area contributed by atoms with E-state index >= 15 is 0 Å². The fourth-order valence-electron chi connectivity index (χ4n) is 6.12. The molecule has 0 saturated carbocycles. The number of anilines is 1. The predicted molar refractivity (Wildman–Crippen MR) is 133 cm³/mol. The van der Waals surface area contributed by atoms with E-state index in [9.17, 15) is 30.0 Å². The fourth-order valence-corrected chi connectivity index (χ4v) is 6.12. The number of primary amides is 1. The van der Waals surface area contributed by atoms with Crippen molar-refractivity contribution in [2.24, 2.45) is 17.6 Å². The molecule has 4 rings (SSSR count). The molecule has 3 aliphatic rings. The molecule has 0 fully saturated rings. The number of carbonyl (C=O) groups is 2. The number of allylic oxidation sites excluding steroid dienone is 1. The van der Waals surface area contributed by atoms with Crippen LogP contribution in [0.15, 0.2) is 28.7 Å². The van der Waals surface area contributed by atoms with Gasteiger partial charge in [-0.1, -0.05) is 0 Å². The summed E-state index contributed by atoms with van der Waals surface area (Å²) in [5.74, 6) is -4.89. The molecule has 1 aromatic carbocycles. The zero-order valence-corrected chi connectivity index (χ0v) is 20.6. The topological polar surface area (TPSA) is 148 Å². The third-order valence-electron chi connectivity index (χ3n) is 7.73. The van der Waals surface area contributed by atoms with Crippen molar-refractivity contribution in [3.05, 3.63) is 45.4 Å². The summed E-state index contributed by atoms with van der Waals surface area (Å²) in [4.78, 5) is 28.7. The van der Waals surface area contributed by atoms with Crippen LogP contribution >= 0.6 is 0 Å². The van der Waals surface area contributed by atoms with Gasteiger partial charge in [0, 0.05) is 0 Å². The van der Waals surface area contributed by atoms with Gasteiger partial charge in [0.1, 0.15) is 0 Å². The molecule has 3 aliphatic carbocycles. The first-order valence-electron chi connectivity index (χ1n) is 11.6. The monoisotopic (exact) mass is 480 g/mol. The zero-order valence-electron chi connectivity index (χ0n) is 20.6. The van der Waals surface area contributed by atoms with Crippen molar-refractivity contribution in [2.45, 2.75) is 37.8 Å². The number of likely N-dealkylation sites (N-methyl/N-ethyl adjacent to an activating group) is 1. The van der Waals surface area contributed by atoms with Crippen molar-refractivity contribution in [2.75, 3.05) is 33.1 Å². The molecule has 0 saturated heterocycles. The number of hydrogen-bond acceptors (Lipinski definition) is 8. The molecule has 9 nitrogen and oxygen atoms in total. The number of ketones is 1. The Labute approximate surface area is 205 Å². The third-order valence-corrected chi connectivity index (χ3v) is 7.73. The van der Waals surface area contributed by atoms with E-state index in [0.29, 0.717) is 24.0 Å². The predicted octanol–water partition coefficient (Wildman–Crippen LogP) is 0.255. The van der Waals surface area contributed by atoms with Crippen LogP contribution in [0.4, 0.5) is 5.69 Å². The maximum absolute atomic E-state index is 13.2. The van der Waals surface area contributed by atoms with Gasteiger partial charge in [-0.05, 0) is 0 Å². The molecule has 1 aromatic rings. The molecule has 1 amide bonds. The van der Waals surface area contributed by atoms with E-state index in [2.05, 4.69) is 0 Å². The Balaban J connectivity index is 2.02. The maximum atomic E-state index is 13.2. The summed E-state index contributed by atoms with van der Waals surface area (Å²) in [5, 5.41) is 45.2. The Morgan fingerprint density at radius 1 is 1.20 bits per heavy atom. The van der Waals surface area contributed by atoms with Crippen molar-refractivity contribution in [3.63, 3.8) is 0 Å². The molecule has 185 valence electrons. The van der Waals surface area contributed by atoms with Crippen LogP contribution in [0, 0.1) is 11.8 Å². The molecular formula is C25H31BN3O6. The van der Waals surface area contributed by atoms with Crippen molar-refractivity contribution in [1.82, 2.24) is 4.90 Å². The summed E-state index contributed by atoms with van der Waals surface area (Å²) in [6.07, 6.45) is 1.12. The molecule has 6 N–H and O–H groups in total. The van der Waals surface area contributed by atoms with Crippen LogP contribution in [0.25, 0.3) is 0 Å². The van der Waals surface area contributed by atoms with Crippen molar-refractivity contribution in [1.29, 1.82) is 0 Å². The standard InChI is InChI=1S/C25H31BN3O6/c1-6-10-9-14(28(2)3)12-7-11-8-13-19(29(4)5)21(31)17(24(27)34)23(33)25(13,35)22(32)15(11)18(26)16(12)20(10)30/h9,11,13,19,30,32-33,35H,6-8H2,1-5H3,(H2,27,34)/t11-,13-,19+,25-/m0/s1. The first-order chi connectivity index (χ1) is 16.3. The van der Waals surface area contributed by atoms with Gasteiger partial charge in [-0.2, -0.15) is 0 Å². The van der Waals surface area contributed by atoms with Crippen LogP contribution in [0.2, 0.25) is 0 Å². The first kappa shape index (κ1) is 25.0. The van der Waals surface area contributed by atoms with E-state index < -0.39 is 52.3 Å². The van der Waals surface area contributed by atoms with Gasteiger partial charge in [-0.3, -0.25) is 0 Å². The summed E-state index contributed by atoms with van der Waals surface area (Å²) >= 11 is 0.